The first-order valence-electron chi connectivity index (χ1n) is 9.30. The van der Waals surface area contributed by atoms with Crippen LogP contribution < -0.4 is 5.56 Å². The van der Waals surface area contributed by atoms with Gasteiger partial charge < -0.3 is 14.5 Å². The van der Waals surface area contributed by atoms with Crippen LogP contribution in [-0.2, 0) is 4.65 Å². The highest BCUT2D eigenvalue weighted by Crippen LogP contribution is 2.30. The predicted octanol–water partition coefficient (Wildman–Crippen LogP) is 2.02. The van der Waals surface area contributed by atoms with Crippen molar-refractivity contribution in [2.75, 3.05) is 13.1 Å². The Balaban J connectivity index is 1.67. The van der Waals surface area contributed by atoms with Gasteiger partial charge in [0, 0.05) is 19.0 Å². The van der Waals surface area contributed by atoms with E-state index in [0.717, 1.165) is 25.7 Å². The van der Waals surface area contributed by atoms with Gasteiger partial charge in [-0.2, -0.15) is 5.10 Å². The fourth-order valence-electron chi connectivity index (χ4n) is 4.18. The first kappa shape index (κ1) is 17.1. The van der Waals surface area contributed by atoms with Crippen molar-refractivity contribution in [2.24, 2.45) is 0 Å². The molecule has 1 amide bonds. The second-order valence-electron chi connectivity index (χ2n) is 7.24. The summed E-state index contributed by atoms with van der Waals surface area (Å²) < 4.78 is 6.25. The van der Waals surface area contributed by atoms with Crippen molar-refractivity contribution in [3.8, 4) is 0 Å². The average Bonchev–Trinajstić information content (AvgIpc) is 3.13. The number of carbonyl (C=O) groups is 1. The van der Waals surface area contributed by atoms with E-state index in [4.69, 9.17) is 13.0 Å². The van der Waals surface area contributed by atoms with Gasteiger partial charge in [-0.3, -0.25) is 4.79 Å². The summed E-state index contributed by atoms with van der Waals surface area (Å²) in [5.74, 6) is 0.559. The van der Waals surface area contributed by atoms with Crippen LogP contribution in [0.2, 0.25) is 0 Å². The van der Waals surface area contributed by atoms with E-state index in [9.17, 15) is 9.59 Å². The monoisotopic (exact) mass is 355 g/mol. The third-order valence-electron chi connectivity index (χ3n) is 5.57. The maximum absolute atomic E-state index is 12.5. The molecule has 136 valence electrons. The van der Waals surface area contributed by atoms with E-state index in [2.05, 4.69) is 14.7 Å². The molecule has 26 heavy (non-hydrogen) atoms. The van der Waals surface area contributed by atoms with Crippen LogP contribution in [0.25, 0.3) is 11.0 Å². The number of piperidine rings is 1. The minimum atomic E-state index is -0.551. The Labute approximate surface area is 152 Å². The summed E-state index contributed by atoms with van der Waals surface area (Å²) in [4.78, 5) is 33.4. The van der Waals surface area contributed by atoms with E-state index in [1.807, 2.05) is 4.68 Å². The van der Waals surface area contributed by atoms with Crippen LogP contribution in [0.3, 0.4) is 0 Å². The van der Waals surface area contributed by atoms with Crippen LogP contribution in [0.1, 0.15) is 62.7 Å². The maximum atomic E-state index is 12.5. The summed E-state index contributed by atoms with van der Waals surface area (Å²) >= 11 is 0. The van der Waals surface area contributed by atoms with Gasteiger partial charge in [0.05, 0.1) is 12.2 Å². The quantitative estimate of drug-likeness (QED) is 0.832. The average molecular weight is 355 g/mol. The lowest BCUT2D eigenvalue weighted by atomic mass is 9.95. The van der Waals surface area contributed by atoms with Gasteiger partial charge in [0.15, 0.2) is 5.65 Å². The molecule has 1 saturated carbocycles. The number of amides is 1. The Morgan fingerprint density at radius 1 is 1.23 bits per heavy atom. The van der Waals surface area contributed by atoms with Crippen molar-refractivity contribution in [1.82, 2.24) is 24.6 Å². The highest BCUT2D eigenvalue weighted by Gasteiger charge is 2.28. The molecule has 1 saturated heterocycles. The first-order valence-corrected chi connectivity index (χ1v) is 9.30. The van der Waals surface area contributed by atoms with Crippen LogP contribution in [0.4, 0.5) is 4.79 Å². The molecule has 2 fully saturated rings. The normalized spacial score (nSPS) is 21.8. The Bertz CT molecular complexity index is 858. The number of hydrogen-bond acceptors (Lipinski definition) is 5. The third-order valence-corrected chi connectivity index (χ3v) is 5.57. The van der Waals surface area contributed by atoms with Crippen molar-refractivity contribution in [3.05, 3.63) is 22.4 Å². The highest BCUT2D eigenvalue weighted by atomic mass is 16.5. The number of rotatable bonds is 2. The second kappa shape index (κ2) is 7.13. The van der Waals surface area contributed by atoms with E-state index < -0.39 is 6.09 Å². The summed E-state index contributed by atoms with van der Waals surface area (Å²) in [6, 6.07) is 0.304. The molecule has 0 bridgehead atoms. The number of hydrogen-bond donors (Lipinski definition) is 1. The lowest BCUT2D eigenvalue weighted by Crippen LogP contribution is -2.40. The zero-order valence-corrected chi connectivity index (χ0v) is 14.7. The lowest BCUT2D eigenvalue weighted by molar-refractivity contribution is 0.139. The van der Waals surface area contributed by atoms with Crippen molar-refractivity contribution in [1.29, 1.82) is 0 Å². The zero-order valence-electron chi connectivity index (χ0n) is 14.7. The highest BCUT2D eigenvalue weighted by molar-refractivity contribution is 6.05. The molecule has 1 aliphatic heterocycles. The minimum absolute atomic E-state index is 0.0466. The topological polar surface area (TPSA) is 93.1 Å². The summed E-state index contributed by atoms with van der Waals surface area (Å²) in [7, 11) is 5.00. The van der Waals surface area contributed by atoms with E-state index in [1.54, 1.807) is 11.1 Å². The lowest BCUT2D eigenvalue weighted by Gasteiger charge is -2.31. The van der Waals surface area contributed by atoms with Crippen molar-refractivity contribution < 1.29 is 9.45 Å². The van der Waals surface area contributed by atoms with Gasteiger partial charge in [0.2, 0.25) is 0 Å². The number of aromatic amines is 1. The molecule has 2 aromatic heterocycles. The summed E-state index contributed by atoms with van der Waals surface area (Å²) in [6.45, 7) is 1.03. The van der Waals surface area contributed by atoms with Crippen LogP contribution >= 0.6 is 0 Å². The third kappa shape index (κ3) is 3.10. The molecule has 4 rings (SSSR count). The second-order valence-corrected chi connectivity index (χ2v) is 7.24. The van der Waals surface area contributed by atoms with Crippen LogP contribution in [-0.4, -0.2) is 51.9 Å². The fraction of sp³-hybridized carbons (Fsp3) is 0.647. The molecule has 1 atom stereocenters. The molecule has 2 aromatic rings. The Kier molecular flexibility index (Phi) is 4.69. The summed E-state index contributed by atoms with van der Waals surface area (Å²) in [5, 5.41) is 4.98. The number of fused-ring (bicyclic) bond motifs is 1. The fourth-order valence-corrected chi connectivity index (χ4v) is 4.18. The molecule has 0 spiro atoms. The molecule has 1 aliphatic carbocycles. The number of H-pyrrole nitrogens is 1. The minimum Gasteiger partial charge on any atom is -0.528 e. The molecule has 1 N–H and O–H groups in total. The Morgan fingerprint density at radius 2 is 2.04 bits per heavy atom. The molecule has 0 aromatic carbocycles. The van der Waals surface area contributed by atoms with Crippen LogP contribution in [0.5, 0.6) is 0 Å². The van der Waals surface area contributed by atoms with Gasteiger partial charge >= 0.3 is 14.1 Å². The molecular weight excluding hydrogens is 333 g/mol. The van der Waals surface area contributed by atoms with Crippen molar-refractivity contribution >= 4 is 25.2 Å². The van der Waals surface area contributed by atoms with E-state index in [1.165, 1.54) is 19.3 Å². The molecule has 3 heterocycles. The SMILES string of the molecule is [B]OC(=O)N1CCCC(c2nc3c(cnn3C3CCCCC3)c(=O)[nH]2)C1. The number of aromatic nitrogens is 4. The number of nitrogens with one attached hydrogen (secondary N) is 1. The van der Waals surface area contributed by atoms with Gasteiger partial charge in [-0.15, -0.1) is 0 Å². The molecule has 2 radical (unpaired) electrons. The van der Waals surface area contributed by atoms with Crippen LogP contribution in [0, 0.1) is 0 Å². The van der Waals surface area contributed by atoms with Gasteiger partial charge in [0.1, 0.15) is 11.2 Å². The van der Waals surface area contributed by atoms with Gasteiger partial charge in [-0.25, -0.2) is 14.5 Å². The maximum Gasteiger partial charge on any atom is 0.391 e. The standard InChI is InChI=1S/C17H22BN5O3/c18-26-17(25)22-8-4-5-11(10-22)14-20-15-13(16(24)21-14)9-19-23(15)12-6-2-1-3-7-12/h9,11-12H,1-8,10H2,(H,20,21,24). The molecule has 9 heteroatoms. The number of carbonyl (C=O) groups excluding carboxylic acids is 1. The van der Waals surface area contributed by atoms with Crippen molar-refractivity contribution in [3.63, 3.8) is 0 Å². The molecule has 8 nitrogen and oxygen atoms in total. The predicted molar refractivity (Wildman–Crippen MR) is 96.1 cm³/mol. The zero-order chi connectivity index (χ0) is 18.1. The number of likely N-dealkylation sites (tertiary alicyclic amines) is 1. The van der Waals surface area contributed by atoms with Crippen LogP contribution in [0.15, 0.2) is 11.0 Å². The van der Waals surface area contributed by atoms with E-state index in [0.29, 0.717) is 36.0 Å². The van der Waals surface area contributed by atoms with Gasteiger partial charge in [-0.05, 0) is 25.7 Å². The Morgan fingerprint density at radius 3 is 2.81 bits per heavy atom. The molecule has 2 aliphatic rings. The van der Waals surface area contributed by atoms with E-state index >= 15 is 0 Å². The largest absolute Gasteiger partial charge is 0.528 e. The molecule has 1 unspecified atom stereocenters. The smallest absolute Gasteiger partial charge is 0.391 e. The van der Waals surface area contributed by atoms with E-state index in [-0.39, 0.29) is 11.5 Å². The first-order chi connectivity index (χ1) is 12.7. The number of nitrogens with zero attached hydrogens (tertiary/aromatic N) is 4. The van der Waals surface area contributed by atoms with Gasteiger partial charge in [0.25, 0.3) is 5.56 Å². The van der Waals surface area contributed by atoms with Crippen molar-refractivity contribution in [2.45, 2.75) is 56.9 Å². The summed E-state index contributed by atoms with van der Waals surface area (Å²) in [6.07, 6.45) is 8.47. The molecular formula is C17H22BN5O3. The van der Waals surface area contributed by atoms with Gasteiger partial charge in [-0.1, -0.05) is 19.3 Å². The summed E-state index contributed by atoms with van der Waals surface area (Å²) in [5.41, 5.74) is 0.472. The Hall–Kier alpha value is -2.32.